The Labute approximate surface area is 126 Å². The van der Waals surface area contributed by atoms with Crippen LogP contribution in [0.5, 0.6) is 0 Å². The first-order valence-corrected chi connectivity index (χ1v) is 6.45. The summed E-state index contributed by atoms with van der Waals surface area (Å²) in [6.07, 6.45) is -4.72. The summed E-state index contributed by atoms with van der Waals surface area (Å²) in [5.74, 6) is -0.770. The van der Waals surface area contributed by atoms with Crippen molar-refractivity contribution in [3.63, 3.8) is 0 Å². The molecular formula is C13H12F4N4O2. The Kier molecular flexibility index (Phi) is 4.52. The van der Waals surface area contributed by atoms with Gasteiger partial charge in [0.05, 0.1) is 6.04 Å². The molecule has 0 unspecified atom stereocenters. The molecule has 6 nitrogen and oxygen atoms in total. The topological polar surface area (TPSA) is 79.8 Å². The van der Waals surface area contributed by atoms with E-state index in [0.717, 1.165) is 0 Å². The molecule has 0 fully saturated rings. The van der Waals surface area contributed by atoms with Crippen LogP contribution < -0.4 is 16.7 Å². The number of hydrogen-bond donors (Lipinski definition) is 2. The fourth-order valence-electron chi connectivity index (χ4n) is 1.89. The van der Waals surface area contributed by atoms with Crippen LogP contribution in [0.3, 0.4) is 0 Å². The van der Waals surface area contributed by atoms with Crippen molar-refractivity contribution in [1.29, 1.82) is 0 Å². The molecule has 0 aliphatic heterocycles. The van der Waals surface area contributed by atoms with Gasteiger partial charge in [0.15, 0.2) is 0 Å². The lowest BCUT2D eigenvalue weighted by Gasteiger charge is -2.15. The molecule has 0 saturated heterocycles. The maximum Gasteiger partial charge on any atom is 0.406 e. The van der Waals surface area contributed by atoms with Crippen molar-refractivity contribution in [2.24, 2.45) is 0 Å². The zero-order valence-corrected chi connectivity index (χ0v) is 11.8. The summed E-state index contributed by atoms with van der Waals surface area (Å²) in [5, 5.41) is 2.63. The summed E-state index contributed by atoms with van der Waals surface area (Å²) in [5.41, 5.74) is -2.07. The summed E-state index contributed by atoms with van der Waals surface area (Å²) in [6.45, 7) is -0.121. The number of rotatable bonds is 4. The molecule has 1 aromatic carbocycles. The van der Waals surface area contributed by atoms with Crippen LogP contribution in [0.2, 0.25) is 0 Å². The van der Waals surface area contributed by atoms with E-state index in [2.05, 4.69) is 10.3 Å². The molecule has 1 aromatic heterocycles. The highest BCUT2D eigenvalue weighted by Crippen LogP contribution is 2.17. The predicted octanol–water partition coefficient (Wildman–Crippen LogP) is 1.81. The van der Waals surface area contributed by atoms with Gasteiger partial charge in [-0.15, -0.1) is 0 Å². The first-order valence-electron chi connectivity index (χ1n) is 6.45. The summed E-state index contributed by atoms with van der Waals surface area (Å²) < 4.78 is 49.9. The molecular weight excluding hydrogens is 320 g/mol. The van der Waals surface area contributed by atoms with Gasteiger partial charge in [-0.05, 0) is 24.6 Å². The van der Waals surface area contributed by atoms with E-state index in [1.54, 1.807) is 13.0 Å². The second-order valence-corrected chi connectivity index (χ2v) is 4.80. The van der Waals surface area contributed by atoms with E-state index in [-0.39, 0.29) is 10.5 Å². The minimum atomic E-state index is -4.72. The van der Waals surface area contributed by atoms with Crippen LogP contribution >= 0.6 is 0 Å². The van der Waals surface area contributed by atoms with Crippen LogP contribution in [-0.4, -0.2) is 20.7 Å². The number of hydrogen-bond acceptors (Lipinski definition) is 4. The molecule has 0 saturated carbocycles. The van der Waals surface area contributed by atoms with Crippen molar-refractivity contribution in [3.05, 3.63) is 56.6 Å². The number of H-pyrrole nitrogens is 1. The molecule has 0 aliphatic rings. The molecule has 0 radical (unpaired) electrons. The largest absolute Gasteiger partial charge is 0.406 e. The smallest absolute Gasteiger partial charge is 0.349 e. The average Bonchev–Trinajstić information content (AvgIpc) is 2.42. The summed E-state index contributed by atoms with van der Waals surface area (Å²) in [6, 6.07) is 5.02. The lowest BCUT2D eigenvalue weighted by atomic mass is 10.1. The Morgan fingerprint density at radius 3 is 2.61 bits per heavy atom. The van der Waals surface area contributed by atoms with Gasteiger partial charge in [-0.3, -0.25) is 4.98 Å². The van der Waals surface area contributed by atoms with Crippen LogP contribution in [0, 0.1) is 5.82 Å². The maximum absolute atomic E-state index is 13.1. The first-order chi connectivity index (χ1) is 10.7. The second-order valence-electron chi connectivity index (χ2n) is 4.80. The number of aromatic nitrogens is 3. The van der Waals surface area contributed by atoms with E-state index in [9.17, 15) is 27.2 Å². The standard InChI is InChI=1S/C13H12F4N4O2/c1-7(8-3-2-4-9(14)5-8)18-10-19-11(22)21(12(23)20-10)6-13(15,16)17/h2-5,7H,6H2,1H3,(H2,18,19,20,22,23)/t7-/m0/s1. The van der Waals surface area contributed by atoms with Crippen molar-refractivity contribution >= 4 is 5.95 Å². The first kappa shape index (κ1) is 16.7. The van der Waals surface area contributed by atoms with Crippen LogP contribution in [-0.2, 0) is 6.54 Å². The van der Waals surface area contributed by atoms with Gasteiger partial charge in [-0.2, -0.15) is 18.2 Å². The average molecular weight is 332 g/mol. The van der Waals surface area contributed by atoms with Gasteiger partial charge in [-0.1, -0.05) is 12.1 Å². The minimum Gasteiger partial charge on any atom is -0.349 e. The highest BCUT2D eigenvalue weighted by atomic mass is 19.4. The third kappa shape index (κ3) is 4.41. The summed E-state index contributed by atoms with van der Waals surface area (Å²) in [7, 11) is 0. The van der Waals surface area contributed by atoms with E-state index in [4.69, 9.17) is 0 Å². The molecule has 2 aromatic rings. The van der Waals surface area contributed by atoms with Crippen LogP contribution in [0.15, 0.2) is 33.9 Å². The zero-order chi connectivity index (χ0) is 17.2. The maximum atomic E-state index is 13.1. The van der Waals surface area contributed by atoms with Gasteiger partial charge < -0.3 is 5.32 Å². The molecule has 23 heavy (non-hydrogen) atoms. The lowest BCUT2D eigenvalue weighted by molar-refractivity contribution is -0.142. The molecule has 10 heteroatoms. The third-order valence-corrected chi connectivity index (χ3v) is 2.95. The Hall–Kier alpha value is -2.65. The van der Waals surface area contributed by atoms with E-state index < -0.39 is 36.0 Å². The Morgan fingerprint density at radius 2 is 2.04 bits per heavy atom. The monoisotopic (exact) mass is 332 g/mol. The van der Waals surface area contributed by atoms with Gasteiger partial charge in [0.25, 0.3) is 0 Å². The number of benzene rings is 1. The van der Waals surface area contributed by atoms with Crippen molar-refractivity contribution in [2.45, 2.75) is 25.7 Å². The third-order valence-electron chi connectivity index (χ3n) is 2.95. The van der Waals surface area contributed by atoms with Crippen molar-refractivity contribution in [3.8, 4) is 0 Å². The normalized spacial score (nSPS) is 12.9. The van der Waals surface area contributed by atoms with Gasteiger partial charge in [0.2, 0.25) is 5.95 Å². The van der Waals surface area contributed by atoms with Gasteiger partial charge in [0.1, 0.15) is 12.4 Å². The van der Waals surface area contributed by atoms with Crippen LogP contribution in [0.25, 0.3) is 0 Å². The summed E-state index contributed by atoms with van der Waals surface area (Å²) in [4.78, 5) is 28.5. The lowest BCUT2D eigenvalue weighted by Crippen LogP contribution is -2.41. The highest BCUT2D eigenvalue weighted by molar-refractivity contribution is 5.30. The zero-order valence-electron chi connectivity index (χ0n) is 11.8. The number of nitrogens with zero attached hydrogens (tertiary/aromatic N) is 2. The molecule has 2 N–H and O–H groups in total. The van der Waals surface area contributed by atoms with Gasteiger partial charge >= 0.3 is 17.6 Å². The Balaban J connectivity index is 2.25. The second kappa shape index (κ2) is 6.23. The number of anilines is 1. The fraction of sp³-hybridized carbons (Fsp3) is 0.308. The minimum absolute atomic E-state index is 0.0575. The van der Waals surface area contributed by atoms with E-state index in [1.165, 1.54) is 18.2 Å². The number of alkyl halides is 3. The Morgan fingerprint density at radius 1 is 1.35 bits per heavy atom. The summed E-state index contributed by atoms with van der Waals surface area (Å²) >= 11 is 0. The molecule has 0 aliphatic carbocycles. The van der Waals surface area contributed by atoms with Crippen LogP contribution in [0.4, 0.5) is 23.5 Å². The predicted molar refractivity (Wildman–Crippen MR) is 73.6 cm³/mol. The molecule has 124 valence electrons. The van der Waals surface area contributed by atoms with Crippen molar-refractivity contribution in [1.82, 2.24) is 14.5 Å². The number of halogens is 4. The molecule has 1 heterocycles. The quantitative estimate of drug-likeness (QED) is 0.837. The SMILES string of the molecule is C[C@H](Nc1nc(=O)n(CC(F)(F)F)c(=O)[nH]1)c1cccc(F)c1. The molecule has 1 atom stereocenters. The van der Waals surface area contributed by atoms with Gasteiger partial charge in [-0.25, -0.2) is 18.5 Å². The van der Waals surface area contributed by atoms with E-state index in [0.29, 0.717) is 5.56 Å². The van der Waals surface area contributed by atoms with E-state index >= 15 is 0 Å². The Bertz CT molecular complexity index is 781. The molecule has 0 spiro atoms. The van der Waals surface area contributed by atoms with E-state index in [1.807, 2.05) is 4.98 Å². The van der Waals surface area contributed by atoms with Crippen LogP contribution in [0.1, 0.15) is 18.5 Å². The van der Waals surface area contributed by atoms with Crippen molar-refractivity contribution < 1.29 is 17.6 Å². The molecule has 0 bridgehead atoms. The molecule has 2 rings (SSSR count). The van der Waals surface area contributed by atoms with Gasteiger partial charge in [0, 0.05) is 0 Å². The number of nitrogens with one attached hydrogen (secondary N) is 2. The number of aromatic amines is 1. The fourth-order valence-corrected chi connectivity index (χ4v) is 1.89. The van der Waals surface area contributed by atoms with Crippen molar-refractivity contribution in [2.75, 3.05) is 5.32 Å². The molecule has 0 amide bonds. The highest BCUT2D eigenvalue weighted by Gasteiger charge is 2.30.